The van der Waals surface area contributed by atoms with E-state index in [0.717, 1.165) is 49.5 Å². The first kappa shape index (κ1) is 15.9. The molecule has 1 aromatic rings. The Kier molecular flexibility index (Phi) is 6.48. The second-order valence-electron chi connectivity index (χ2n) is 4.99. The number of likely N-dealkylation sites (N-methyl/N-ethyl adjacent to an activating group) is 1. The van der Waals surface area contributed by atoms with E-state index in [-0.39, 0.29) is 5.91 Å². The van der Waals surface area contributed by atoms with Gasteiger partial charge in [0.25, 0.3) is 0 Å². The SMILES string of the molecule is CCN(Cc1ccc(Br)s1)C(=O)CN1CCCNCC1. The van der Waals surface area contributed by atoms with E-state index in [1.807, 2.05) is 17.9 Å². The van der Waals surface area contributed by atoms with Crippen molar-refractivity contribution in [3.63, 3.8) is 0 Å². The number of carbonyl (C=O) groups excluding carboxylic acids is 1. The maximum Gasteiger partial charge on any atom is 0.237 e. The summed E-state index contributed by atoms with van der Waals surface area (Å²) in [4.78, 5) is 17.8. The van der Waals surface area contributed by atoms with Crippen LogP contribution in [0.15, 0.2) is 15.9 Å². The van der Waals surface area contributed by atoms with Gasteiger partial charge in [-0.2, -0.15) is 0 Å². The maximum absolute atomic E-state index is 12.4. The van der Waals surface area contributed by atoms with Crippen LogP contribution in [0.1, 0.15) is 18.2 Å². The lowest BCUT2D eigenvalue weighted by atomic mass is 10.3. The first-order chi connectivity index (χ1) is 9.69. The highest BCUT2D eigenvalue weighted by Gasteiger charge is 2.18. The van der Waals surface area contributed by atoms with Crippen LogP contribution in [0.4, 0.5) is 0 Å². The Balaban J connectivity index is 1.87. The predicted octanol–water partition coefficient (Wildman–Crippen LogP) is 2.15. The minimum atomic E-state index is 0.235. The van der Waals surface area contributed by atoms with Gasteiger partial charge in [0.2, 0.25) is 5.91 Å². The molecule has 0 aliphatic carbocycles. The molecule has 1 aliphatic rings. The van der Waals surface area contributed by atoms with Gasteiger partial charge in [-0.25, -0.2) is 0 Å². The summed E-state index contributed by atoms with van der Waals surface area (Å²) in [6, 6.07) is 4.12. The average Bonchev–Trinajstić information content (AvgIpc) is 2.68. The molecular weight excluding hydrogens is 338 g/mol. The fourth-order valence-corrected chi connectivity index (χ4v) is 3.85. The Bertz CT molecular complexity index is 430. The lowest BCUT2D eigenvalue weighted by Gasteiger charge is -2.25. The number of halogens is 1. The van der Waals surface area contributed by atoms with Gasteiger partial charge in [0, 0.05) is 24.5 Å². The molecule has 20 heavy (non-hydrogen) atoms. The second-order valence-corrected chi connectivity index (χ2v) is 7.54. The molecule has 1 aliphatic heterocycles. The van der Waals surface area contributed by atoms with E-state index in [1.165, 1.54) is 4.88 Å². The fourth-order valence-electron chi connectivity index (χ4n) is 2.35. The molecule has 0 bridgehead atoms. The van der Waals surface area contributed by atoms with E-state index in [1.54, 1.807) is 11.3 Å². The van der Waals surface area contributed by atoms with Gasteiger partial charge in [-0.3, -0.25) is 9.69 Å². The van der Waals surface area contributed by atoms with Crippen molar-refractivity contribution in [1.82, 2.24) is 15.1 Å². The first-order valence-electron chi connectivity index (χ1n) is 7.14. The largest absolute Gasteiger partial charge is 0.337 e. The van der Waals surface area contributed by atoms with Crippen molar-refractivity contribution in [1.29, 1.82) is 0 Å². The molecule has 4 nitrogen and oxygen atoms in total. The van der Waals surface area contributed by atoms with Crippen LogP contribution in [0.3, 0.4) is 0 Å². The van der Waals surface area contributed by atoms with Gasteiger partial charge < -0.3 is 10.2 Å². The summed E-state index contributed by atoms with van der Waals surface area (Å²) < 4.78 is 1.12. The van der Waals surface area contributed by atoms with Crippen LogP contribution in [-0.4, -0.2) is 55.0 Å². The molecule has 0 aromatic carbocycles. The average molecular weight is 360 g/mol. The lowest BCUT2D eigenvalue weighted by Crippen LogP contribution is -2.41. The summed E-state index contributed by atoms with van der Waals surface area (Å²) >= 11 is 5.17. The van der Waals surface area contributed by atoms with Crippen molar-refractivity contribution in [3.8, 4) is 0 Å². The number of hydrogen-bond donors (Lipinski definition) is 1. The summed E-state index contributed by atoms with van der Waals surface area (Å²) in [5.41, 5.74) is 0. The first-order valence-corrected chi connectivity index (χ1v) is 8.75. The Morgan fingerprint density at radius 1 is 1.45 bits per heavy atom. The fraction of sp³-hybridized carbons (Fsp3) is 0.643. The Hall–Kier alpha value is -0.430. The number of nitrogens with zero attached hydrogens (tertiary/aromatic N) is 2. The van der Waals surface area contributed by atoms with Crippen molar-refractivity contribution >= 4 is 33.2 Å². The smallest absolute Gasteiger partial charge is 0.237 e. The highest BCUT2D eigenvalue weighted by Crippen LogP contribution is 2.23. The number of rotatable bonds is 5. The summed E-state index contributed by atoms with van der Waals surface area (Å²) in [5, 5.41) is 3.37. The van der Waals surface area contributed by atoms with Gasteiger partial charge in [0.15, 0.2) is 0 Å². The lowest BCUT2D eigenvalue weighted by molar-refractivity contribution is -0.132. The number of amides is 1. The molecule has 2 heterocycles. The number of nitrogens with one attached hydrogen (secondary N) is 1. The normalized spacial score (nSPS) is 16.9. The van der Waals surface area contributed by atoms with Gasteiger partial charge in [-0.1, -0.05) is 0 Å². The third kappa shape index (κ3) is 4.84. The van der Waals surface area contributed by atoms with Gasteiger partial charge >= 0.3 is 0 Å². The van der Waals surface area contributed by atoms with E-state index in [0.29, 0.717) is 6.54 Å². The van der Waals surface area contributed by atoms with Gasteiger partial charge in [-0.05, 0) is 54.5 Å². The van der Waals surface area contributed by atoms with Crippen molar-refractivity contribution in [2.45, 2.75) is 19.9 Å². The van der Waals surface area contributed by atoms with Gasteiger partial charge in [0.1, 0.15) is 0 Å². The van der Waals surface area contributed by atoms with E-state index < -0.39 is 0 Å². The number of carbonyl (C=O) groups is 1. The quantitative estimate of drug-likeness (QED) is 0.874. The highest BCUT2D eigenvalue weighted by atomic mass is 79.9. The maximum atomic E-state index is 12.4. The molecular formula is C14H22BrN3OS. The van der Waals surface area contributed by atoms with Crippen LogP contribution in [0.25, 0.3) is 0 Å². The van der Waals surface area contributed by atoms with Crippen molar-refractivity contribution in [2.24, 2.45) is 0 Å². The van der Waals surface area contributed by atoms with E-state index in [2.05, 4.69) is 32.2 Å². The molecule has 0 atom stereocenters. The molecule has 0 saturated carbocycles. The predicted molar refractivity (Wildman–Crippen MR) is 87.0 cm³/mol. The minimum absolute atomic E-state index is 0.235. The molecule has 1 N–H and O–H groups in total. The van der Waals surface area contributed by atoms with Crippen LogP contribution in [-0.2, 0) is 11.3 Å². The van der Waals surface area contributed by atoms with Crippen LogP contribution in [0.2, 0.25) is 0 Å². The monoisotopic (exact) mass is 359 g/mol. The molecule has 0 spiro atoms. The van der Waals surface area contributed by atoms with Crippen LogP contribution >= 0.6 is 27.3 Å². The van der Waals surface area contributed by atoms with E-state index >= 15 is 0 Å². The van der Waals surface area contributed by atoms with E-state index in [9.17, 15) is 4.79 Å². The topological polar surface area (TPSA) is 35.6 Å². The summed E-state index contributed by atoms with van der Waals surface area (Å²) in [7, 11) is 0. The van der Waals surface area contributed by atoms with Crippen LogP contribution in [0.5, 0.6) is 0 Å². The van der Waals surface area contributed by atoms with Crippen molar-refractivity contribution < 1.29 is 4.79 Å². The molecule has 0 unspecified atom stereocenters. The van der Waals surface area contributed by atoms with Crippen LogP contribution < -0.4 is 5.32 Å². The Morgan fingerprint density at radius 2 is 2.30 bits per heavy atom. The van der Waals surface area contributed by atoms with Crippen molar-refractivity contribution in [2.75, 3.05) is 39.3 Å². The molecule has 6 heteroatoms. The zero-order valence-corrected chi connectivity index (χ0v) is 14.3. The zero-order chi connectivity index (χ0) is 14.4. The third-order valence-corrected chi connectivity index (χ3v) is 5.11. The molecule has 0 radical (unpaired) electrons. The van der Waals surface area contributed by atoms with Crippen LogP contribution in [0, 0.1) is 0 Å². The highest BCUT2D eigenvalue weighted by molar-refractivity contribution is 9.11. The second kappa shape index (κ2) is 8.12. The molecule has 1 aromatic heterocycles. The summed E-state index contributed by atoms with van der Waals surface area (Å²) in [6.45, 7) is 8.10. The van der Waals surface area contributed by atoms with Gasteiger partial charge in [-0.15, -0.1) is 11.3 Å². The molecule has 1 fully saturated rings. The number of hydrogen-bond acceptors (Lipinski definition) is 4. The van der Waals surface area contributed by atoms with Gasteiger partial charge in [0.05, 0.1) is 16.9 Å². The molecule has 1 saturated heterocycles. The molecule has 112 valence electrons. The third-order valence-electron chi connectivity index (χ3n) is 3.50. The molecule has 2 rings (SSSR count). The Morgan fingerprint density at radius 3 is 3.00 bits per heavy atom. The standard InChI is InChI=1S/C14H22BrN3OS/c1-2-18(10-12-4-5-13(15)20-12)14(19)11-17-8-3-6-16-7-9-17/h4-5,16H,2-3,6-11H2,1H3. The number of thiophene rings is 1. The Labute approximate surface area is 133 Å². The minimum Gasteiger partial charge on any atom is -0.337 e. The van der Waals surface area contributed by atoms with Crippen molar-refractivity contribution in [3.05, 3.63) is 20.8 Å². The summed E-state index contributed by atoms with van der Waals surface area (Å²) in [5.74, 6) is 0.235. The molecule has 1 amide bonds. The van der Waals surface area contributed by atoms with E-state index in [4.69, 9.17) is 0 Å². The zero-order valence-electron chi connectivity index (χ0n) is 11.9. The summed E-state index contributed by atoms with van der Waals surface area (Å²) in [6.07, 6.45) is 1.12.